The van der Waals surface area contributed by atoms with Crippen LogP contribution in [0.15, 0.2) is 36.4 Å². The van der Waals surface area contributed by atoms with Crippen LogP contribution in [0.3, 0.4) is 0 Å². The molecule has 0 spiro atoms. The van der Waals surface area contributed by atoms with Gasteiger partial charge in [0.15, 0.2) is 23.0 Å². The van der Waals surface area contributed by atoms with Crippen molar-refractivity contribution < 1.29 is 32.5 Å². The second-order valence-electron chi connectivity index (χ2n) is 6.50. The Kier molecular flexibility index (Phi) is 6.71. The number of alkyl halides is 2. The van der Waals surface area contributed by atoms with Gasteiger partial charge in [-0.25, -0.2) is 0 Å². The number of fused-ring (bicyclic) bond motifs is 1. The summed E-state index contributed by atoms with van der Waals surface area (Å²) in [6.45, 7) is -1.72. The molecule has 1 aliphatic rings. The molecular weight excluding hydrogens is 386 g/mol. The smallest absolute Gasteiger partial charge is 0.387 e. The normalized spacial score (nSPS) is 12.3. The van der Waals surface area contributed by atoms with Crippen molar-refractivity contribution in [2.45, 2.75) is 19.7 Å². The van der Waals surface area contributed by atoms with Gasteiger partial charge in [-0.1, -0.05) is 12.1 Å². The van der Waals surface area contributed by atoms with Crippen LogP contribution in [-0.4, -0.2) is 44.9 Å². The van der Waals surface area contributed by atoms with Crippen molar-refractivity contribution in [2.24, 2.45) is 0 Å². The molecule has 0 atom stereocenters. The van der Waals surface area contributed by atoms with Gasteiger partial charge in [0.05, 0.1) is 13.7 Å². The van der Waals surface area contributed by atoms with Crippen LogP contribution in [0.2, 0.25) is 0 Å². The Morgan fingerprint density at radius 1 is 1.14 bits per heavy atom. The van der Waals surface area contributed by atoms with Crippen molar-refractivity contribution >= 4 is 5.91 Å². The predicted molar refractivity (Wildman–Crippen MR) is 100 cm³/mol. The van der Waals surface area contributed by atoms with Crippen LogP contribution < -0.4 is 24.3 Å². The minimum absolute atomic E-state index is 0.0546. The van der Waals surface area contributed by atoms with E-state index < -0.39 is 6.61 Å². The molecule has 0 unspecified atom stereocenters. The molecule has 0 aromatic heterocycles. The Morgan fingerprint density at radius 2 is 1.90 bits per heavy atom. The summed E-state index contributed by atoms with van der Waals surface area (Å²) >= 11 is 0. The van der Waals surface area contributed by atoms with E-state index in [1.807, 2.05) is 30.1 Å². The molecule has 9 heteroatoms. The molecule has 1 amide bonds. The molecule has 1 aliphatic heterocycles. The van der Waals surface area contributed by atoms with Crippen LogP contribution in [0.4, 0.5) is 8.78 Å². The number of carbonyl (C=O) groups is 1. The number of benzene rings is 2. The molecule has 156 valence electrons. The Bertz CT molecular complexity index is 863. The van der Waals surface area contributed by atoms with Gasteiger partial charge in [0.1, 0.15) is 0 Å². The number of methoxy groups -OCH3 is 1. The molecule has 29 heavy (non-hydrogen) atoms. The van der Waals surface area contributed by atoms with E-state index in [2.05, 4.69) is 10.1 Å². The zero-order valence-electron chi connectivity index (χ0n) is 16.1. The van der Waals surface area contributed by atoms with E-state index >= 15 is 0 Å². The Labute approximate surface area is 167 Å². The van der Waals surface area contributed by atoms with Gasteiger partial charge in [0.25, 0.3) is 0 Å². The molecule has 1 heterocycles. The van der Waals surface area contributed by atoms with E-state index in [1.54, 1.807) is 12.1 Å². The zero-order valence-corrected chi connectivity index (χ0v) is 16.1. The zero-order chi connectivity index (χ0) is 20.8. The van der Waals surface area contributed by atoms with Crippen molar-refractivity contribution in [3.63, 3.8) is 0 Å². The van der Waals surface area contributed by atoms with Gasteiger partial charge in [0.2, 0.25) is 12.7 Å². The molecule has 2 aromatic rings. The number of rotatable bonds is 9. The number of carbonyl (C=O) groups excluding carboxylic acids is 1. The van der Waals surface area contributed by atoms with Gasteiger partial charge in [0, 0.05) is 13.1 Å². The van der Waals surface area contributed by atoms with Crippen LogP contribution in [0.5, 0.6) is 23.0 Å². The molecular formula is C20H22F2N2O5. The van der Waals surface area contributed by atoms with Crippen molar-refractivity contribution in [3.8, 4) is 23.0 Å². The average Bonchev–Trinajstić information content (AvgIpc) is 3.14. The predicted octanol–water partition coefficient (Wildman–Crippen LogP) is 2.77. The maximum Gasteiger partial charge on any atom is 0.387 e. The number of nitrogens with one attached hydrogen (secondary N) is 1. The fourth-order valence-corrected chi connectivity index (χ4v) is 2.92. The highest BCUT2D eigenvalue weighted by atomic mass is 19.3. The lowest BCUT2D eigenvalue weighted by atomic mass is 10.2. The first-order valence-electron chi connectivity index (χ1n) is 8.90. The number of ether oxygens (including phenoxy) is 4. The van der Waals surface area contributed by atoms with E-state index in [0.29, 0.717) is 17.9 Å². The monoisotopic (exact) mass is 408 g/mol. The SMILES string of the molecule is COc1cc(CNC(=O)CN(C)Cc2ccc3c(c2)OCO3)ccc1OC(F)F. The molecule has 0 saturated carbocycles. The quantitative estimate of drug-likeness (QED) is 0.688. The number of likely N-dealkylation sites (N-methyl/N-ethyl adjacent to an activating group) is 1. The van der Waals surface area contributed by atoms with Crippen molar-refractivity contribution in [1.29, 1.82) is 0 Å². The highest BCUT2D eigenvalue weighted by Crippen LogP contribution is 2.32. The highest BCUT2D eigenvalue weighted by Gasteiger charge is 2.15. The summed E-state index contributed by atoms with van der Waals surface area (Å²) in [7, 11) is 3.20. The lowest BCUT2D eigenvalue weighted by molar-refractivity contribution is -0.122. The van der Waals surface area contributed by atoms with E-state index in [4.69, 9.17) is 14.2 Å². The number of hydrogen-bond acceptors (Lipinski definition) is 6. The molecule has 0 radical (unpaired) electrons. The Morgan fingerprint density at radius 3 is 2.66 bits per heavy atom. The summed E-state index contributed by atoms with van der Waals surface area (Å²) in [5, 5.41) is 2.80. The molecule has 3 rings (SSSR count). The Balaban J connectivity index is 1.49. The van der Waals surface area contributed by atoms with E-state index in [9.17, 15) is 13.6 Å². The summed E-state index contributed by atoms with van der Waals surface area (Å²) in [4.78, 5) is 14.1. The first-order chi connectivity index (χ1) is 13.9. The molecule has 0 saturated heterocycles. The minimum atomic E-state index is -2.94. The summed E-state index contributed by atoms with van der Waals surface area (Å²) in [6.07, 6.45) is 0. The van der Waals surface area contributed by atoms with Gasteiger partial charge >= 0.3 is 6.61 Å². The first-order valence-corrected chi connectivity index (χ1v) is 8.90. The molecule has 7 nitrogen and oxygen atoms in total. The third-order valence-electron chi connectivity index (χ3n) is 4.24. The van der Waals surface area contributed by atoms with Crippen molar-refractivity contribution in [1.82, 2.24) is 10.2 Å². The standard InChI is InChI=1S/C20H22F2N2O5/c1-24(10-14-4-5-15-18(8-14)28-12-27-15)11-19(25)23-9-13-3-6-16(29-20(21)22)17(7-13)26-2/h3-8,20H,9-12H2,1-2H3,(H,23,25). The first kappa shape index (κ1) is 20.7. The summed E-state index contributed by atoms with van der Waals surface area (Å²) in [5.41, 5.74) is 1.71. The van der Waals surface area contributed by atoms with E-state index in [-0.39, 0.29) is 37.3 Å². The maximum atomic E-state index is 12.4. The van der Waals surface area contributed by atoms with Crippen LogP contribution >= 0.6 is 0 Å². The Hall–Kier alpha value is -3.07. The lowest BCUT2D eigenvalue weighted by Gasteiger charge is -2.17. The van der Waals surface area contributed by atoms with Gasteiger partial charge < -0.3 is 24.3 Å². The molecule has 0 bridgehead atoms. The van der Waals surface area contributed by atoms with Crippen LogP contribution in [0.25, 0.3) is 0 Å². The summed E-state index contributed by atoms with van der Waals surface area (Å²) < 4.78 is 44.8. The largest absolute Gasteiger partial charge is 0.493 e. The second-order valence-corrected chi connectivity index (χ2v) is 6.50. The topological polar surface area (TPSA) is 69.3 Å². The third-order valence-corrected chi connectivity index (χ3v) is 4.24. The second kappa shape index (κ2) is 9.42. The molecule has 0 fully saturated rings. The number of hydrogen-bond donors (Lipinski definition) is 1. The average molecular weight is 408 g/mol. The summed E-state index contributed by atoms with van der Waals surface area (Å²) in [6, 6.07) is 10.2. The minimum Gasteiger partial charge on any atom is -0.493 e. The van der Waals surface area contributed by atoms with Crippen LogP contribution in [0, 0.1) is 0 Å². The van der Waals surface area contributed by atoms with Gasteiger partial charge in [-0.15, -0.1) is 0 Å². The molecule has 0 aliphatic carbocycles. The fourth-order valence-electron chi connectivity index (χ4n) is 2.92. The van der Waals surface area contributed by atoms with Crippen molar-refractivity contribution in [2.75, 3.05) is 27.5 Å². The van der Waals surface area contributed by atoms with Gasteiger partial charge in [-0.3, -0.25) is 9.69 Å². The van der Waals surface area contributed by atoms with E-state index in [1.165, 1.54) is 13.2 Å². The van der Waals surface area contributed by atoms with E-state index in [0.717, 1.165) is 11.3 Å². The number of amides is 1. The van der Waals surface area contributed by atoms with Gasteiger partial charge in [-0.2, -0.15) is 8.78 Å². The summed E-state index contributed by atoms with van der Waals surface area (Å²) in [5.74, 6) is 1.38. The number of halogens is 2. The third kappa shape index (κ3) is 5.71. The fraction of sp³-hybridized carbons (Fsp3) is 0.350. The van der Waals surface area contributed by atoms with Crippen LogP contribution in [0.1, 0.15) is 11.1 Å². The van der Waals surface area contributed by atoms with Gasteiger partial charge in [-0.05, 0) is 42.4 Å². The number of nitrogens with zero attached hydrogens (tertiary/aromatic N) is 1. The highest BCUT2D eigenvalue weighted by molar-refractivity contribution is 5.78. The molecule has 2 aromatic carbocycles. The van der Waals surface area contributed by atoms with Crippen molar-refractivity contribution in [3.05, 3.63) is 47.5 Å². The molecule has 1 N–H and O–H groups in total. The lowest BCUT2D eigenvalue weighted by Crippen LogP contribution is -2.34. The van der Waals surface area contributed by atoms with Crippen LogP contribution in [-0.2, 0) is 17.9 Å². The maximum absolute atomic E-state index is 12.4.